The molecular weight excluding hydrogens is 546 g/mol. The van der Waals surface area contributed by atoms with Gasteiger partial charge in [-0.25, -0.2) is 8.42 Å². The van der Waals surface area contributed by atoms with Crippen LogP contribution in [0.15, 0.2) is 77.7 Å². The number of carbonyl (C=O) groups is 2. The van der Waals surface area contributed by atoms with E-state index in [1.807, 2.05) is 58.9 Å². The summed E-state index contributed by atoms with van der Waals surface area (Å²) in [4.78, 5) is 28.9. The fourth-order valence-electron chi connectivity index (χ4n) is 4.34. The summed E-state index contributed by atoms with van der Waals surface area (Å²) in [6.07, 6.45) is 1.11. The largest absolute Gasteiger partial charge is 0.352 e. The molecule has 2 atom stereocenters. The van der Waals surface area contributed by atoms with Crippen LogP contribution in [0.2, 0.25) is 5.02 Å². The van der Waals surface area contributed by atoms with Crippen LogP contribution in [0.25, 0.3) is 0 Å². The van der Waals surface area contributed by atoms with Crippen molar-refractivity contribution in [3.63, 3.8) is 0 Å². The number of anilines is 1. The number of nitrogens with one attached hydrogen (secondary N) is 1. The van der Waals surface area contributed by atoms with Gasteiger partial charge in [0.2, 0.25) is 11.8 Å². The summed E-state index contributed by atoms with van der Waals surface area (Å²) < 4.78 is 28.9. The van der Waals surface area contributed by atoms with E-state index in [0.29, 0.717) is 17.1 Å². The fraction of sp³-hybridized carbons (Fsp3) is 0.355. The van der Waals surface area contributed by atoms with Gasteiger partial charge in [-0.2, -0.15) is 0 Å². The van der Waals surface area contributed by atoms with Crippen LogP contribution >= 0.6 is 11.6 Å². The van der Waals surface area contributed by atoms with E-state index in [4.69, 9.17) is 11.6 Å². The van der Waals surface area contributed by atoms with Crippen molar-refractivity contribution in [1.29, 1.82) is 0 Å². The number of halogens is 1. The van der Waals surface area contributed by atoms with Crippen molar-refractivity contribution >= 4 is 39.1 Å². The van der Waals surface area contributed by atoms with E-state index < -0.39 is 28.5 Å². The molecule has 9 heteroatoms. The Hall–Kier alpha value is -3.36. The van der Waals surface area contributed by atoms with Crippen LogP contribution in [0, 0.1) is 13.8 Å². The molecule has 0 heterocycles. The molecule has 3 rings (SSSR count). The van der Waals surface area contributed by atoms with E-state index in [2.05, 4.69) is 5.32 Å². The minimum absolute atomic E-state index is 0.0112. The zero-order valence-electron chi connectivity index (χ0n) is 23.7. The molecule has 0 aliphatic rings. The molecule has 0 aliphatic heterocycles. The lowest BCUT2D eigenvalue weighted by Crippen LogP contribution is -2.53. The maximum absolute atomic E-state index is 14.1. The molecule has 214 valence electrons. The third kappa shape index (κ3) is 7.86. The molecule has 7 nitrogen and oxygen atoms in total. The van der Waals surface area contributed by atoms with Gasteiger partial charge in [0.05, 0.1) is 10.6 Å². The van der Waals surface area contributed by atoms with Crippen molar-refractivity contribution in [2.24, 2.45) is 0 Å². The minimum Gasteiger partial charge on any atom is -0.352 e. The second kappa shape index (κ2) is 13.8. The maximum Gasteiger partial charge on any atom is 0.264 e. The van der Waals surface area contributed by atoms with Gasteiger partial charge < -0.3 is 10.2 Å². The Bertz CT molecular complexity index is 1410. The molecule has 40 heavy (non-hydrogen) atoms. The summed E-state index contributed by atoms with van der Waals surface area (Å²) >= 11 is 6.01. The van der Waals surface area contributed by atoms with Crippen molar-refractivity contribution in [1.82, 2.24) is 10.2 Å². The number of aryl methyl sites for hydroxylation is 2. The average Bonchev–Trinajstić information content (AvgIpc) is 2.92. The summed E-state index contributed by atoms with van der Waals surface area (Å²) in [6.45, 7) is 9.28. The number of rotatable bonds is 12. The molecule has 0 saturated carbocycles. The Morgan fingerprint density at radius 3 is 2.12 bits per heavy atom. The topological polar surface area (TPSA) is 86.8 Å². The summed E-state index contributed by atoms with van der Waals surface area (Å²) in [6, 6.07) is 19.7. The third-order valence-electron chi connectivity index (χ3n) is 6.82. The zero-order chi connectivity index (χ0) is 29.4. The summed E-state index contributed by atoms with van der Waals surface area (Å²) in [7, 11) is -4.14. The Morgan fingerprint density at radius 1 is 0.900 bits per heavy atom. The van der Waals surface area contributed by atoms with Gasteiger partial charge in [0.1, 0.15) is 12.6 Å². The maximum atomic E-state index is 14.1. The van der Waals surface area contributed by atoms with Crippen LogP contribution in [0.1, 0.15) is 50.3 Å². The first-order valence-corrected chi connectivity index (χ1v) is 15.3. The first-order valence-electron chi connectivity index (χ1n) is 13.5. The van der Waals surface area contributed by atoms with Crippen LogP contribution in [-0.4, -0.2) is 43.8 Å². The van der Waals surface area contributed by atoms with Gasteiger partial charge >= 0.3 is 0 Å². The van der Waals surface area contributed by atoms with E-state index in [1.165, 1.54) is 29.2 Å². The number of benzene rings is 3. The lowest BCUT2D eigenvalue weighted by Gasteiger charge is -2.33. The molecule has 2 amide bonds. The number of hydrogen-bond donors (Lipinski definition) is 1. The number of nitrogens with zero attached hydrogens (tertiary/aromatic N) is 2. The monoisotopic (exact) mass is 583 g/mol. The molecule has 2 unspecified atom stereocenters. The molecule has 0 aliphatic carbocycles. The minimum atomic E-state index is -4.14. The standard InChI is InChI=1S/C31H38ClN3O4S/c1-6-24(5)33-31(37)29(7-2)34(20-25-10-8-9-23(4)19-25)30(36)21-35(27-15-11-22(3)12-16-27)40(38,39)28-17-13-26(32)14-18-28/h8-19,24,29H,6-7,20-21H2,1-5H3,(H,33,37). The van der Waals surface area contributed by atoms with Gasteiger partial charge in [-0.3, -0.25) is 13.9 Å². The van der Waals surface area contributed by atoms with Gasteiger partial charge in [-0.1, -0.05) is 73.0 Å². The molecule has 0 fully saturated rings. The number of amides is 2. The molecule has 1 N–H and O–H groups in total. The average molecular weight is 584 g/mol. The Labute approximate surface area is 243 Å². The van der Waals surface area contributed by atoms with E-state index in [1.54, 1.807) is 24.3 Å². The van der Waals surface area contributed by atoms with E-state index >= 15 is 0 Å². The molecular formula is C31H38ClN3O4S. The highest BCUT2D eigenvalue weighted by Crippen LogP contribution is 2.26. The number of sulfonamides is 1. The van der Waals surface area contributed by atoms with Crippen LogP contribution in [-0.2, 0) is 26.2 Å². The van der Waals surface area contributed by atoms with Crippen molar-refractivity contribution in [3.05, 3.63) is 94.5 Å². The first kappa shape index (κ1) is 31.2. The molecule has 0 bridgehead atoms. The van der Waals surface area contributed by atoms with Crippen molar-refractivity contribution < 1.29 is 18.0 Å². The summed E-state index contributed by atoms with van der Waals surface area (Å²) in [5, 5.41) is 3.39. The Balaban J connectivity index is 2.05. The fourth-order valence-corrected chi connectivity index (χ4v) is 5.88. The number of hydrogen-bond acceptors (Lipinski definition) is 4. The second-order valence-corrected chi connectivity index (χ2v) is 12.4. The predicted octanol–water partition coefficient (Wildman–Crippen LogP) is 5.87. The molecule has 3 aromatic rings. The van der Waals surface area contributed by atoms with Gasteiger partial charge in [0.15, 0.2) is 0 Å². The van der Waals surface area contributed by atoms with Gasteiger partial charge in [0.25, 0.3) is 10.0 Å². The zero-order valence-corrected chi connectivity index (χ0v) is 25.3. The van der Waals surface area contributed by atoms with E-state index in [-0.39, 0.29) is 23.4 Å². The Morgan fingerprint density at radius 2 is 1.55 bits per heavy atom. The molecule has 0 spiro atoms. The Kier molecular flexibility index (Phi) is 10.8. The van der Waals surface area contributed by atoms with Gasteiger partial charge in [-0.05, 0) is 75.6 Å². The molecule has 0 aromatic heterocycles. The van der Waals surface area contributed by atoms with E-state index in [0.717, 1.165) is 27.4 Å². The van der Waals surface area contributed by atoms with Gasteiger partial charge in [-0.15, -0.1) is 0 Å². The van der Waals surface area contributed by atoms with Gasteiger partial charge in [0, 0.05) is 17.6 Å². The quantitative estimate of drug-likeness (QED) is 0.289. The highest BCUT2D eigenvalue weighted by atomic mass is 35.5. The van der Waals surface area contributed by atoms with E-state index in [9.17, 15) is 18.0 Å². The molecule has 0 saturated heterocycles. The summed E-state index contributed by atoms with van der Waals surface area (Å²) in [5.41, 5.74) is 3.17. The van der Waals surface area contributed by atoms with Crippen molar-refractivity contribution in [2.75, 3.05) is 10.8 Å². The van der Waals surface area contributed by atoms with Crippen LogP contribution in [0.5, 0.6) is 0 Å². The number of carbonyl (C=O) groups excluding carboxylic acids is 2. The van der Waals surface area contributed by atoms with Crippen LogP contribution in [0.3, 0.4) is 0 Å². The second-order valence-electron chi connectivity index (χ2n) is 10.1. The van der Waals surface area contributed by atoms with Crippen molar-refractivity contribution in [2.45, 2.75) is 71.0 Å². The third-order valence-corrected chi connectivity index (χ3v) is 8.86. The lowest BCUT2D eigenvalue weighted by molar-refractivity contribution is -0.140. The normalized spacial score (nSPS) is 12.8. The van der Waals surface area contributed by atoms with Crippen LogP contribution < -0.4 is 9.62 Å². The summed E-state index contributed by atoms with van der Waals surface area (Å²) in [5.74, 6) is -0.744. The molecule has 3 aromatic carbocycles. The highest BCUT2D eigenvalue weighted by molar-refractivity contribution is 7.92. The SMILES string of the molecule is CCC(C)NC(=O)C(CC)N(Cc1cccc(C)c1)C(=O)CN(c1ccc(C)cc1)S(=O)(=O)c1ccc(Cl)cc1. The lowest BCUT2D eigenvalue weighted by atomic mass is 10.1. The highest BCUT2D eigenvalue weighted by Gasteiger charge is 2.34. The van der Waals surface area contributed by atoms with Crippen molar-refractivity contribution in [3.8, 4) is 0 Å². The molecule has 0 radical (unpaired) electrons. The smallest absolute Gasteiger partial charge is 0.264 e. The first-order chi connectivity index (χ1) is 19.0. The predicted molar refractivity (Wildman–Crippen MR) is 161 cm³/mol. The van der Waals surface area contributed by atoms with Crippen LogP contribution in [0.4, 0.5) is 5.69 Å².